The molecular formula is C24H28N2O4. The quantitative estimate of drug-likeness (QED) is 0.777. The van der Waals surface area contributed by atoms with E-state index in [4.69, 9.17) is 4.74 Å². The molecule has 158 valence electrons. The average molecular weight is 408 g/mol. The molecule has 2 heterocycles. The molecule has 6 aliphatic rings. The Labute approximate surface area is 176 Å². The Morgan fingerprint density at radius 2 is 1.70 bits per heavy atom. The van der Waals surface area contributed by atoms with E-state index in [-0.39, 0.29) is 29.4 Å². The van der Waals surface area contributed by atoms with Crippen molar-refractivity contribution in [2.75, 3.05) is 13.2 Å². The second-order valence-corrected chi connectivity index (χ2v) is 10.3. The van der Waals surface area contributed by atoms with E-state index in [9.17, 15) is 14.4 Å². The van der Waals surface area contributed by atoms with Crippen LogP contribution in [0.3, 0.4) is 0 Å². The van der Waals surface area contributed by atoms with Crippen LogP contribution in [0.1, 0.15) is 82.4 Å². The molecule has 6 heteroatoms. The van der Waals surface area contributed by atoms with Gasteiger partial charge in [0.25, 0.3) is 17.7 Å². The van der Waals surface area contributed by atoms with E-state index in [2.05, 4.69) is 5.32 Å². The van der Waals surface area contributed by atoms with E-state index in [0.717, 1.165) is 49.9 Å². The van der Waals surface area contributed by atoms with Crippen molar-refractivity contribution in [2.24, 2.45) is 17.8 Å². The lowest BCUT2D eigenvalue weighted by Gasteiger charge is -2.56. The summed E-state index contributed by atoms with van der Waals surface area (Å²) in [6.45, 7) is 0.976. The molecule has 4 saturated carbocycles. The van der Waals surface area contributed by atoms with Crippen molar-refractivity contribution >= 4 is 17.7 Å². The monoisotopic (exact) mass is 408 g/mol. The molecular weight excluding hydrogens is 380 g/mol. The fraction of sp³-hybridized carbons (Fsp3) is 0.625. The molecule has 1 aromatic rings. The number of nitrogens with zero attached hydrogens (tertiary/aromatic N) is 1. The highest BCUT2D eigenvalue weighted by atomic mass is 16.5. The summed E-state index contributed by atoms with van der Waals surface area (Å²) in [5.41, 5.74) is 1.14. The number of hydrogen-bond donors (Lipinski definition) is 1. The van der Waals surface area contributed by atoms with E-state index in [1.54, 1.807) is 18.2 Å². The summed E-state index contributed by atoms with van der Waals surface area (Å²) in [5, 5.41) is 3.36. The highest BCUT2D eigenvalue weighted by Gasteiger charge is 2.51. The molecule has 4 aliphatic carbocycles. The summed E-state index contributed by atoms with van der Waals surface area (Å²) < 4.78 is 5.60. The van der Waals surface area contributed by atoms with Gasteiger partial charge in [-0.15, -0.1) is 0 Å². The number of amides is 3. The first-order valence-corrected chi connectivity index (χ1v) is 11.4. The largest absolute Gasteiger partial charge is 0.376 e. The maximum Gasteiger partial charge on any atom is 0.261 e. The normalized spacial score (nSPS) is 36.5. The summed E-state index contributed by atoms with van der Waals surface area (Å²) >= 11 is 0. The zero-order valence-corrected chi connectivity index (χ0v) is 17.2. The maximum atomic E-state index is 13.1. The summed E-state index contributed by atoms with van der Waals surface area (Å²) in [5.74, 6) is 1.55. The van der Waals surface area contributed by atoms with Crippen LogP contribution in [0.5, 0.6) is 0 Å². The molecule has 0 spiro atoms. The fourth-order valence-electron chi connectivity index (χ4n) is 7.17. The van der Waals surface area contributed by atoms with Gasteiger partial charge in [0.2, 0.25) is 0 Å². The van der Waals surface area contributed by atoms with Crippen LogP contribution in [0.15, 0.2) is 18.2 Å². The summed E-state index contributed by atoms with van der Waals surface area (Å²) in [4.78, 5) is 40.0. The van der Waals surface area contributed by atoms with E-state index < -0.39 is 0 Å². The first kappa shape index (κ1) is 18.6. The molecule has 1 unspecified atom stereocenters. The Balaban J connectivity index is 1.21. The van der Waals surface area contributed by atoms with Gasteiger partial charge in [-0.1, -0.05) is 0 Å². The minimum Gasteiger partial charge on any atom is -0.376 e. The van der Waals surface area contributed by atoms with Crippen molar-refractivity contribution in [2.45, 2.75) is 63.0 Å². The van der Waals surface area contributed by atoms with Crippen LogP contribution < -0.4 is 5.32 Å². The lowest BCUT2D eigenvalue weighted by Crippen LogP contribution is -2.59. The molecule has 1 N–H and O–H groups in total. The van der Waals surface area contributed by atoms with Gasteiger partial charge in [-0.25, -0.2) is 0 Å². The minimum atomic E-state index is -0.310. The Morgan fingerprint density at radius 1 is 1.03 bits per heavy atom. The summed E-state index contributed by atoms with van der Waals surface area (Å²) in [7, 11) is 0. The number of nitrogens with one attached hydrogen (secondary N) is 1. The van der Waals surface area contributed by atoms with Crippen LogP contribution in [-0.4, -0.2) is 47.4 Å². The number of fused-ring (bicyclic) bond motifs is 1. The molecule has 2 aliphatic heterocycles. The van der Waals surface area contributed by atoms with Crippen molar-refractivity contribution < 1.29 is 19.1 Å². The van der Waals surface area contributed by atoms with Crippen LogP contribution in [0.25, 0.3) is 0 Å². The Hall–Kier alpha value is -2.21. The number of rotatable bonds is 4. The van der Waals surface area contributed by atoms with Crippen molar-refractivity contribution in [3.05, 3.63) is 34.9 Å². The molecule has 3 amide bonds. The van der Waals surface area contributed by atoms with E-state index in [0.29, 0.717) is 29.8 Å². The topological polar surface area (TPSA) is 75.7 Å². The second kappa shape index (κ2) is 6.64. The molecule has 0 radical (unpaired) electrons. The summed E-state index contributed by atoms with van der Waals surface area (Å²) in [6.07, 6.45) is 8.98. The van der Waals surface area contributed by atoms with Gasteiger partial charge in [-0.2, -0.15) is 0 Å². The molecule has 1 atom stereocenters. The fourth-order valence-corrected chi connectivity index (χ4v) is 7.17. The van der Waals surface area contributed by atoms with Crippen LogP contribution in [0.2, 0.25) is 0 Å². The second-order valence-electron chi connectivity index (χ2n) is 10.3. The van der Waals surface area contributed by atoms with Crippen molar-refractivity contribution in [3.8, 4) is 0 Å². The lowest BCUT2D eigenvalue weighted by atomic mass is 9.53. The van der Waals surface area contributed by atoms with E-state index in [1.165, 1.54) is 24.2 Å². The number of carbonyl (C=O) groups is 3. The van der Waals surface area contributed by atoms with Gasteiger partial charge in [-0.3, -0.25) is 19.3 Å². The lowest BCUT2D eigenvalue weighted by molar-refractivity contribution is -0.0167. The van der Waals surface area contributed by atoms with E-state index >= 15 is 0 Å². The molecule has 7 rings (SSSR count). The predicted octanol–water partition coefficient (Wildman–Crippen LogP) is 3.16. The first-order chi connectivity index (χ1) is 14.5. The Kier molecular flexibility index (Phi) is 4.11. The first-order valence-electron chi connectivity index (χ1n) is 11.4. The van der Waals surface area contributed by atoms with Gasteiger partial charge in [0, 0.05) is 17.7 Å². The van der Waals surface area contributed by atoms with Gasteiger partial charge >= 0.3 is 0 Å². The third kappa shape index (κ3) is 2.91. The highest BCUT2D eigenvalue weighted by molar-refractivity contribution is 6.22. The van der Waals surface area contributed by atoms with Gasteiger partial charge < -0.3 is 10.1 Å². The smallest absolute Gasteiger partial charge is 0.261 e. The van der Waals surface area contributed by atoms with Crippen molar-refractivity contribution in [1.29, 1.82) is 0 Å². The standard InChI is InChI=1S/C24H28N2O4/c27-21(25-24-10-14-6-15(11-24)8-16(7-14)12-24)17-3-4-19-20(9-17)23(29)26(22(19)28)13-18-2-1-5-30-18/h3-4,9,14-16,18H,1-2,5-8,10-13H2,(H,25,27). The van der Waals surface area contributed by atoms with Gasteiger partial charge in [0.1, 0.15) is 0 Å². The van der Waals surface area contributed by atoms with Crippen LogP contribution in [0.4, 0.5) is 0 Å². The Bertz CT molecular complexity index is 898. The zero-order valence-electron chi connectivity index (χ0n) is 17.2. The summed E-state index contributed by atoms with van der Waals surface area (Å²) in [6, 6.07) is 4.94. The highest BCUT2D eigenvalue weighted by Crippen LogP contribution is 2.55. The number of ether oxygens (including phenoxy) is 1. The number of hydrogen-bond acceptors (Lipinski definition) is 4. The minimum absolute atomic E-state index is 0.0729. The molecule has 5 fully saturated rings. The van der Waals surface area contributed by atoms with Crippen LogP contribution in [-0.2, 0) is 4.74 Å². The number of benzene rings is 1. The third-order valence-electron chi connectivity index (χ3n) is 8.06. The van der Waals surface area contributed by atoms with Gasteiger partial charge in [0.15, 0.2) is 0 Å². The van der Waals surface area contributed by atoms with Crippen LogP contribution >= 0.6 is 0 Å². The molecule has 1 aromatic carbocycles. The van der Waals surface area contributed by atoms with Gasteiger partial charge in [-0.05, 0) is 87.3 Å². The number of carbonyl (C=O) groups excluding carboxylic acids is 3. The van der Waals surface area contributed by atoms with Crippen molar-refractivity contribution in [1.82, 2.24) is 10.2 Å². The maximum absolute atomic E-state index is 13.1. The number of imide groups is 1. The molecule has 0 aromatic heterocycles. The predicted molar refractivity (Wildman–Crippen MR) is 109 cm³/mol. The molecule has 1 saturated heterocycles. The SMILES string of the molecule is O=C(NC12CC3CC(CC(C3)C1)C2)c1ccc2c(c1)C(=O)N(CC1CCCO1)C2=O. The zero-order chi connectivity index (χ0) is 20.5. The molecule has 4 bridgehead atoms. The molecule has 6 nitrogen and oxygen atoms in total. The Morgan fingerprint density at radius 3 is 2.33 bits per heavy atom. The van der Waals surface area contributed by atoms with Gasteiger partial charge in [0.05, 0.1) is 23.8 Å². The van der Waals surface area contributed by atoms with Crippen LogP contribution in [0, 0.1) is 17.8 Å². The van der Waals surface area contributed by atoms with Crippen molar-refractivity contribution in [3.63, 3.8) is 0 Å². The molecule has 30 heavy (non-hydrogen) atoms. The van der Waals surface area contributed by atoms with E-state index in [1.807, 2.05) is 0 Å². The average Bonchev–Trinajstić information content (AvgIpc) is 3.29. The third-order valence-corrected chi connectivity index (χ3v) is 8.06.